The average Bonchev–Trinajstić information content (AvgIpc) is 2.19. The summed E-state index contributed by atoms with van der Waals surface area (Å²) >= 11 is 0. The molecular weight excluding hydrogens is 290 g/mol. The van der Waals surface area contributed by atoms with Crippen LogP contribution in [0.15, 0.2) is 17.0 Å². The van der Waals surface area contributed by atoms with Crippen molar-refractivity contribution in [2.24, 2.45) is 5.14 Å². The highest BCUT2D eigenvalue weighted by Crippen LogP contribution is 2.25. The van der Waals surface area contributed by atoms with Gasteiger partial charge >= 0.3 is 0 Å². The molecule has 0 unspecified atom stereocenters. The van der Waals surface area contributed by atoms with Crippen molar-refractivity contribution in [1.29, 1.82) is 0 Å². The minimum Gasteiger partial charge on any atom is -0.492 e. The molecule has 0 radical (unpaired) electrons. The molecule has 0 aromatic heterocycles. The summed E-state index contributed by atoms with van der Waals surface area (Å²) in [4.78, 5) is 0.0421. The van der Waals surface area contributed by atoms with Gasteiger partial charge in [-0.1, -0.05) is 0 Å². The van der Waals surface area contributed by atoms with Crippen molar-refractivity contribution in [3.8, 4) is 5.75 Å². The van der Waals surface area contributed by atoms with Crippen LogP contribution >= 0.6 is 0 Å². The van der Waals surface area contributed by atoms with Crippen LogP contribution in [0.3, 0.4) is 0 Å². The quantitative estimate of drug-likeness (QED) is 0.846. The predicted molar refractivity (Wildman–Crippen MR) is 72.5 cm³/mol. The number of primary sulfonamides is 1. The highest BCUT2D eigenvalue weighted by Gasteiger charge is 2.14. The highest BCUT2D eigenvalue weighted by molar-refractivity contribution is 7.90. The van der Waals surface area contributed by atoms with Crippen molar-refractivity contribution in [3.05, 3.63) is 23.3 Å². The molecule has 1 rings (SSSR count). The third-order valence-electron chi connectivity index (χ3n) is 2.49. The number of hydrogen-bond donors (Lipinski definition) is 1. The summed E-state index contributed by atoms with van der Waals surface area (Å²) in [7, 11) is -6.86. The maximum atomic E-state index is 11.3. The SMILES string of the molecule is Cc1cc(S(N)(=O)=O)c(C)cc1OCCS(C)(=O)=O. The molecule has 2 N–H and O–H groups in total. The molecule has 0 atom stereocenters. The van der Waals surface area contributed by atoms with E-state index in [1.54, 1.807) is 13.8 Å². The third-order valence-corrected chi connectivity index (χ3v) is 4.45. The van der Waals surface area contributed by atoms with Gasteiger partial charge in [-0.2, -0.15) is 0 Å². The number of aryl methyl sites for hydroxylation is 2. The van der Waals surface area contributed by atoms with Gasteiger partial charge in [-0.3, -0.25) is 0 Å². The van der Waals surface area contributed by atoms with E-state index in [9.17, 15) is 16.8 Å². The minimum absolute atomic E-state index is 0.0217. The lowest BCUT2D eigenvalue weighted by Crippen LogP contribution is -2.15. The lowest BCUT2D eigenvalue weighted by Gasteiger charge is -2.12. The van der Waals surface area contributed by atoms with E-state index in [4.69, 9.17) is 9.88 Å². The smallest absolute Gasteiger partial charge is 0.238 e. The Kier molecular flexibility index (Phi) is 4.59. The first kappa shape index (κ1) is 15.9. The van der Waals surface area contributed by atoms with E-state index < -0.39 is 19.9 Å². The summed E-state index contributed by atoms with van der Waals surface area (Å²) in [6.45, 7) is 3.29. The fourth-order valence-electron chi connectivity index (χ4n) is 1.53. The van der Waals surface area contributed by atoms with Crippen molar-refractivity contribution in [1.82, 2.24) is 0 Å². The Labute approximate surface area is 113 Å². The molecule has 0 bridgehead atoms. The van der Waals surface area contributed by atoms with E-state index in [2.05, 4.69) is 0 Å². The van der Waals surface area contributed by atoms with Crippen LogP contribution in [0.2, 0.25) is 0 Å². The van der Waals surface area contributed by atoms with Gasteiger partial charge in [-0.05, 0) is 37.1 Å². The van der Waals surface area contributed by atoms with Gasteiger partial charge in [-0.15, -0.1) is 0 Å². The van der Waals surface area contributed by atoms with Crippen LogP contribution in [0, 0.1) is 13.8 Å². The van der Waals surface area contributed by atoms with E-state index in [1.807, 2.05) is 0 Å². The Morgan fingerprint density at radius 2 is 1.68 bits per heavy atom. The molecule has 1 aromatic rings. The lowest BCUT2D eigenvalue weighted by molar-refractivity contribution is 0.338. The average molecular weight is 307 g/mol. The van der Waals surface area contributed by atoms with Gasteiger partial charge in [0, 0.05) is 6.26 Å². The van der Waals surface area contributed by atoms with E-state index >= 15 is 0 Å². The lowest BCUT2D eigenvalue weighted by atomic mass is 10.1. The molecule has 0 amide bonds. The largest absolute Gasteiger partial charge is 0.492 e. The topological polar surface area (TPSA) is 104 Å². The van der Waals surface area contributed by atoms with Crippen molar-refractivity contribution in [2.75, 3.05) is 18.6 Å². The summed E-state index contributed by atoms with van der Waals surface area (Å²) in [5, 5.41) is 5.09. The van der Waals surface area contributed by atoms with Crippen LogP contribution in [0.25, 0.3) is 0 Å². The third kappa shape index (κ3) is 4.81. The van der Waals surface area contributed by atoms with Crippen LogP contribution in [0.4, 0.5) is 0 Å². The summed E-state index contributed by atoms with van der Waals surface area (Å²) in [5.41, 5.74) is 1.05. The molecule has 8 heteroatoms. The molecule has 0 spiro atoms. The van der Waals surface area contributed by atoms with E-state index in [-0.39, 0.29) is 17.3 Å². The highest BCUT2D eigenvalue weighted by atomic mass is 32.2. The normalized spacial score (nSPS) is 12.4. The van der Waals surface area contributed by atoms with E-state index in [0.717, 1.165) is 6.26 Å². The monoisotopic (exact) mass is 307 g/mol. The molecule has 0 aliphatic carbocycles. The van der Waals surface area contributed by atoms with Gasteiger partial charge in [-0.25, -0.2) is 22.0 Å². The fraction of sp³-hybridized carbons (Fsp3) is 0.455. The maximum absolute atomic E-state index is 11.3. The Hall–Kier alpha value is -1.12. The molecule has 19 heavy (non-hydrogen) atoms. The predicted octanol–water partition coefficient (Wildman–Crippen LogP) is 0.374. The van der Waals surface area contributed by atoms with Crippen LogP contribution in [0.1, 0.15) is 11.1 Å². The van der Waals surface area contributed by atoms with Gasteiger partial charge in [0.1, 0.15) is 12.4 Å². The molecule has 0 heterocycles. The van der Waals surface area contributed by atoms with Gasteiger partial charge < -0.3 is 4.74 Å². The second kappa shape index (κ2) is 5.48. The number of sulfone groups is 1. The molecule has 6 nitrogen and oxygen atoms in total. The molecular formula is C11H17NO5S2. The molecule has 0 fully saturated rings. The summed E-state index contributed by atoms with van der Waals surface area (Å²) in [5.74, 6) is 0.358. The molecule has 1 aromatic carbocycles. The standard InChI is InChI=1S/C11H17NO5S2/c1-8-7-11(19(12,15)16)9(2)6-10(8)17-4-5-18(3,13)14/h6-7H,4-5H2,1-3H3,(H2,12,15,16). The van der Waals surface area contributed by atoms with Crippen molar-refractivity contribution in [2.45, 2.75) is 18.7 Å². The van der Waals surface area contributed by atoms with E-state index in [0.29, 0.717) is 16.9 Å². The number of rotatable bonds is 5. The van der Waals surface area contributed by atoms with Gasteiger partial charge in [0.05, 0.1) is 10.6 Å². The Morgan fingerprint density at radius 3 is 2.16 bits per heavy atom. The summed E-state index contributed by atoms with van der Waals surface area (Å²) < 4.78 is 50.0. The zero-order chi connectivity index (χ0) is 14.8. The first-order chi connectivity index (χ1) is 8.50. The summed E-state index contributed by atoms with van der Waals surface area (Å²) in [6.07, 6.45) is 1.12. The number of benzene rings is 1. The van der Waals surface area contributed by atoms with Crippen molar-refractivity contribution in [3.63, 3.8) is 0 Å². The second-order valence-corrected chi connectivity index (χ2v) is 8.20. The zero-order valence-electron chi connectivity index (χ0n) is 11.0. The first-order valence-corrected chi connectivity index (χ1v) is 9.06. The molecule has 0 saturated carbocycles. The Balaban J connectivity index is 2.97. The Morgan fingerprint density at radius 1 is 1.11 bits per heavy atom. The van der Waals surface area contributed by atoms with Crippen molar-refractivity contribution < 1.29 is 21.6 Å². The van der Waals surface area contributed by atoms with E-state index in [1.165, 1.54) is 12.1 Å². The number of sulfonamides is 1. The maximum Gasteiger partial charge on any atom is 0.238 e. The van der Waals surface area contributed by atoms with Crippen LogP contribution in [-0.2, 0) is 19.9 Å². The molecule has 0 saturated heterocycles. The molecule has 0 aliphatic heterocycles. The van der Waals surface area contributed by atoms with Crippen LogP contribution in [-0.4, -0.2) is 35.5 Å². The molecule has 108 valence electrons. The fourth-order valence-corrected chi connectivity index (χ4v) is 2.76. The van der Waals surface area contributed by atoms with Crippen LogP contribution < -0.4 is 9.88 Å². The minimum atomic E-state index is -3.77. The zero-order valence-corrected chi connectivity index (χ0v) is 12.6. The van der Waals surface area contributed by atoms with Crippen molar-refractivity contribution >= 4 is 19.9 Å². The van der Waals surface area contributed by atoms with Gasteiger partial charge in [0.25, 0.3) is 0 Å². The molecule has 0 aliphatic rings. The number of hydrogen-bond acceptors (Lipinski definition) is 5. The number of ether oxygens (including phenoxy) is 1. The van der Waals surface area contributed by atoms with Gasteiger partial charge in [0.2, 0.25) is 10.0 Å². The van der Waals surface area contributed by atoms with Gasteiger partial charge in [0.15, 0.2) is 9.84 Å². The second-order valence-electron chi connectivity index (χ2n) is 4.41. The summed E-state index contributed by atoms with van der Waals surface area (Å²) in [6, 6.07) is 2.96. The first-order valence-electron chi connectivity index (χ1n) is 5.45. The Bertz CT molecular complexity index is 677. The number of nitrogens with two attached hydrogens (primary N) is 1. The van der Waals surface area contributed by atoms with Crippen LogP contribution in [0.5, 0.6) is 5.75 Å².